The Labute approximate surface area is 195 Å². The first kappa shape index (κ1) is 24.1. The predicted molar refractivity (Wildman–Crippen MR) is 117 cm³/mol. The van der Waals surface area contributed by atoms with Crippen molar-refractivity contribution in [2.45, 2.75) is 44.2 Å². The highest BCUT2D eigenvalue weighted by Crippen LogP contribution is 2.35. The van der Waals surface area contributed by atoms with E-state index in [9.17, 15) is 5.11 Å². The molecule has 0 aromatic heterocycles. The minimum Gasteiger partial charge on any atom is -0.382 e. The topological polar surface area (TPSA) is 57.2 Å². The molecule has 30 heavy (non-hydrogen) atoms. The second-order valence-electron chi connectivity index (χ2n) is 7.19. The van der Waals surface area contributed by atoms with E-state index in [4.69, 9.17) is 65.4 Å². The van der Waals surface area contributed by atoms with E-state index in [2.05, 4.69) is 0 Å². The van der Waals surface area contributed by atoms with Crippen LogP contribution in [0.3, 0.4) is 0 Å². The van der Waals surface area contributed by atoms with E-state index < -0.39 is 24.1 Å². The number of hydrogen-bond acceptors (Lipinski definition) is 5. The summed E-state index contributed by atoms with van der Waals surface area (Å²) in [7, 11) is 1.46. The first-order valence-corrected chi connectivity index (χ1v) is 10.7. The third-order valence-corrected chi connectivity index (χ3v) is 6.07. The Kier molecular flexibility index (Phi) is 8.29. The van der Waals surface area contributed by atoms with E-state index in [-0.39, 0.29) is 19.8 Å². The summed E-state index contributed by atoms with van der Waals surface area (Å²) in [5.74, 6) is 0. The monoisotopic (exact) mass is 494 g/mol. The lowest BCUT2D eigenvalue weighted by molar-refractivity contribution is -0.190. The van der Waals surface area contributed by atoms with Crippen molar-refractivity contribution in [1.82, 2.24) is 0 Å². The molecule has 1 aliphatic heterocycles. The van der Waals surface area contributed by atoms with Crippen LogP contribution >= 0.6 is 46.4 Å². The minimum absolute atomic E-state index is 0.161. The van der Waals surface area contributed by atoms with Gasteiger partial charge in [0, 0.05) is 27.2 Å². The van der Waals surface area contributed by atoms with Crippen LogP contribution in [0.2, 0.25) is 20.1 Å². The highest BCUT2D eigenvalue weighted by molar-refractivity contribution is 6.35. The zero-order valence-electron chi connectivity index (χ0n) is 16.4. The summed E-state index contributed by atoms with van der Waals surface area (Å²) in [5.41, 5.74) is 0.143. The fraction of sp³-hybridized carbons (Fsp3) is 0.429. The minimum atomic E-state index is -1.39. The van der Waals surface area contributed by atoms with Crippen molar-refractivity contribution in [2.24, 2.45) is 0 Å². The van der Waals surface area contributed by atoms with E-state index in [1.807, 2.05) is 0 Å². The maximum absolute atomic E-state index is 10.9. The van der Waals surface area contributed by atoms with Crippen LogP contribution in [0.15, 0.2) is 36.4 Å². The third kappa shape index (κ3) is 5.60. The molecule has 0 amide bonds. The standard InChI is InChI=1S/C21H22Cl4O5/c1-21(26)19(29-10-13-4-6-15(23)8-17(13)25)18(30-20(21)27-2)11-28-9-12-3-5-14(22)7-16(12)24/h3-8,18-20,26H,9-11H2,1-2H3/t18?,19-,20+,21+/m1/s1. The number of ether oxygens (including phenoxy) is 4. The quantitative estimate of drug-likeness (QED) is 0.522. The van der Waals surface area contributed by atoms with Crippen LogP contribution in [0.1, 0.15) is 18.1 Å². The van der Waals surface area contributed by atoms with Crippen molar-refractivity contribution < 1.29 is 24.1 Å². The average Bonchev–Trinajstić information content (AvgIpc) is 2.92. The van der Waals surface area contributed by atoms with Crippen LogP contribution in [0.25, 0.3) is 0 Å². The van der Waals surface area contributed by atoms with Crippen molar-refractivity contribution in [1.29, 1.82) is 0 Å². The van der Waals surface area contributed by atoms with E-state index in [1.54, 1.807) is 43.3 Å². The molecule has 2 aromatic rings. The second-order valence-corrected chi connectivity index (χ2v) is 8.87. The fourth-order valence-corrected chi connectivity index (χ4v) is 4.24. The molecule has 0 bridgehead atoms. The summed E-state index contributed by atoms with van der Waals surface area (Å²) in [6, 6.07) is 10.3. The van der Waals surface area contributed by atoms with Crippen LogP contribution < -0.4 is 0 Å². The highest BCUT2D eigenvalue weighted by Gasteiger charge is 2.54. The molecule has 0 aliphatic carbocycles. The highest BCUT2D eigenvalue weighted by atomic mass is 35.5. The first-order valence-electron chi connectivity index (χ1n) is 9.20. The summed E-state index contributed by atoms with van der Waals surface area (Å²) in [6.45, 7) is 2.18. The smallest absolute Gasteiger partial charge is 0.188 e. The number of rotatable bonds is 8. The first-order chi connectivity index (χ1) is 14.2. The predicted octanol–water partition coefficient (Wildman–Crippen LogP) is 5.52. The van der Waals surface area contributed by atoms with Gasteiger partial charge in [0.2, 0.25) is 0 Å². The van der Waals surface area contributed by atoms with Crippen molar-refractivity contribution in [3.05, 3.63) is 67.6 Å². The fourth-order valence-electron chi connectivity index (χ4n) is 3.32. The van der Waals surface area contributed by atoms with Gasteiger partial charge in [-0.25, -0.2) is 0 Å². The van der Waals surface area contributed by atoms with E-state index in [0.29, 0.717) is 20.1 Å². The molecule has 1 fully saturated rings. The molecule has 0 spiro atoms. The molecule has 1 aliphatic rings. The molecule has 1 saturated heterocycles. The van der Waals surface area contributed by atoms with Crippen molar-refractivity contribution in [3.8, 4) is 0 Å². The summed E-state index contributed by atoms with van der Waals surface area (Å²) in [5, 5.41) is 13.0. The summed E-state index contributed by atoms with van der Waals surface area (Å²) >= 11 is 24.3. The van der Waals surface area contributed by atoms with Gasteiger partial charge >= 0.3 is 0 Å². The van der Waals surface area contributed by atoms with Gasteiger partial charge in [-0.2, -0.15) is 0 Å². The van der Waals surface area contributed by atoms with Crippen LogP contribution in [0.4, 0.5) is 0 Å². The molecule has 0 radical (unpaired) electrons. The Morgan fingerprint density at radius 1 is 0.967 bits per heavy atom. The molecule has 3 rings (SSSR count). The molecule has 5 nitrogen and oxygen atoms in total. The summed E-state index contributed by atoms with van der Waals surface area (Å²) in [6.07, 6.45) is -2.15. The van der Waals surface area contributed by atoms with Crippen LogP contribution in [0.5, 0.6) is 0 Å². The zero-order chi connectivity index (χ0) is 21.9. The molecule has 1 N–H and O–H groups in total. The Morgan fingerprint density at radius 3 is 2.07 bits per heavy atom. The second kappa shape index (κ2) is 10.3. The van der Waals surface area contributed by atoms with E-state index in [0.717, 1.165) is 11.1 Å². The normalized spacial score (nSPS) is 26.3. The number of halogens is 4. The van der Waals surface area contributed by atoms with Gasteiger partial charge in [-0.05, 0) is 42.3 Å². The molecular formula is C21H22Cl4O5. The van der Waals surface area contributed by atoms with Gasteiger partial charge in [0.05, 0.1) is 19.8 Å². The molecule has 9 heteroatoms. The summed E-state index contributed by atoms with van der Waals surface area (Å²) in [4.78, 5) is 0. The Bertz CT molecular complexity index is 876. The number of hydrogen-bond donors (Lipinski definition) is 1. The Balaban J connectivity index is 1.66. The van der Waals surface area contributed by atoms with Crippen molar-refractivity contribution in [3.63, 3.8) is 0 Å². The number of aliphatic hydroxyl groups is 1. The SMILES string of the molecule is CO[C@H]1OC(COCc2ccc(Cl)cc2Cl)[C@@H](OCc2ccc(Cl)cc2Cl)[C@]1(C)O. The van der Waals surface area contributed by atoms with Crippen molar-refractivity contribution >= 4 is 46.4 Å². The molecule has 1 heterocycles. The molecular weight excluding hydrogens is 474 g/mol. The average molecular weight is 496 g/mol. The van der Waals surface area contributed by atoms with E-state index >= 15 is 0 Å². The lowest BCUT2D eigenvalue weighted by atomic mass is 9.97. The van der Waals surface area contributed by atoms with Crippen LogP contribution in [-0.2, 0) is 32.2 Å². The zero-order valence-corrected chi connectivity index (χ0v) is 19.4. The Morgan fingerprint density at radius 2 is 1.53 bits per heavy atom. The lowest BCUT2D eigenvalue weighted by Crippen LogP contribution is -2.48. The van der Waals surface area contributed by atoms with Gasteiger partial charge < -0.3 is 24.1 Å². The number of benzene rings is 2. The largest absolute Gasteiger partial charge is 0.382 e. The van der Waals surface area contributed by atoms with Crippen LogP contribution in [-0.4, -0.2) is 42.9 Å². The van der Waals surface area contributed by atoms with Gasteiger partial charge in [-0.1, -0.05) is 58.5 Å². The van der Waals surface area contributed by atoms with Crippen molar-refractivity contribution in [2.75, 3.05) is 13.7 Å². The van der Waals surface area contributed by atoms with Gasteiger partial charge in [-0.15, -0.1) is 0 Å². The summed E-state index contributed by atoms with van der Waals surface area (Å²) < 4.78 is 22.9. The van der Waals surface area contributed by atoms with Gasteiger partial charge in [-0.3, -0.25) is 0 Å². The number of methoxy groups -OCH3 is 1. The lowest BCUT2D eigenvalue weighted by Gasteiger charge is -2.29. The molecule has 4 atom stereocenters. The molecule has 164 valence electrons. The molecule has 0 saturated carbocycles. The molecule has 1 unspecified atom stereocenters. The maximum atomic E-state index is 10.9. The Hall–Kier alpha value is -0.600. The third-order valence-electron chi connectivity index (χ3n) is 4.89. The maximum Gasteiger partial charge on any atom is 0.188 e. The molecule has 2 aromatic carbocycles. The van der Waals surface area contributed by atoms with Gasteiger partial charge in [0.25, 0.3) is 0 Å². The van der Waals surface area contributed by atoms with Gasteiger partial charge in [0.1, 0.15) is 17.8 Å². The van der Waals surface area contributed by atoms with Crippen LogP contribution in [0, 0.1) is 0 Å². The van der Waals surface area contributed by atoms with Gasteiger partial charge in [0.15, 0.2) is 6.29 Å². The van der Waals surface area contributed by atoms with E-state index in [1.165, 1.54) is 7.11 Å².